The van der Waals surface area contributed by atoms with Crippen LogP contribution < -0.4 is 5.32 Å². The fourth-order valence-corrected chi connectivity index (χ4v) is 2.37. The van der Waals surface area contributed by atoms with Gasteiger partial charge in [-0.3, -0.25) is 4.79 Å². The highest BCUT2D eigenvalue weighted by atomic mass is 16.5. The average molecular weight is 199 g/mol. The second kappa shape index (κ2) is 4.28. The van der Waals surface area contributed by atoms with E-state index in [4.69, 9.17) is 9.84 Å². The van der Waals surface area contributed by atoms with Gasteiger partial charge in [0.05, 0.1) is 6.10 Å². The molecular weight excluding hydrogens is 182 g/mol. The maximum Gasteiger partial charge on any atom is 0.320 e. The first-order valence-corrected chi connectivity index (χ1v) is 5.35. The van der Waals surface area contributed by atoms with Gasteiger partial charge in [0.15, 0.2) is 0 Å². The van der Waals surface area contributed by atoms with E-state index in [1.165, 1.54) is 6.42 Å². The van der Waals surface area contributed by atoms with Crippen LogP contribution in [0.2, 0.25) is 0 Å². The number of hydrogen-bond acceptors (Lipinski definition) is 3. The van der Waals surface area contributed by atoms with E-state index < -0.39 is 5.97 Å². The van der Waals surface area contributed by atoms with E-state index in [9.17, 15) is 4.79 Å². The number of carboxylic acid groups (broad SMARTS) is 1. The van der Waals surface area contributed by atoms with Crippen LogP contribution in [0.5, 0.6) is 0 Å². The van der Waals surface area contributed by atoms with Crippen molar-refractivity contribution in [3.8, 4) is 0 Å². The minimum absolute atomic E-state index is 0.292. The smallest absolute Gasteiger partial charge is 0.320 e. The van der Waals surface area contributed by atoms with Crippen LogP contribution in [0, 0.1) is 5.92 Å². The third-order valence-electron chi connectivity index (χ3n) is 3.20. The Morgan fingerprint density at radius 2 is 2.29 bits per heavy atom. The molecule has 4 nitrogen and oxygen atoms in total. The summed E-state index contributed by atoms with van der Waals surface area (Å²) >= 11 is 0. The van der Waals surface area contributed by atoms with Crippen molar-refractivity contribution in [2.45, 2.75) is 37.8 Å². The summed E-state index contributed by atoms with van der Waals surface area (Å²) in [4.78, 5) is 10.7. The quantitative estimate of drug-likeness (QED) is 0.684. The Bertz CT molecular complexity index is 213. The molecule has 3 atom stereocenters. The Balaban J connectivity index is 1.85. The fraction of sp³-hybridized carbons (Fsp3) is 0.900. The van der Waals surface area contributed by atoms with E-state index in [2.05, 4.69) is 5.32 Å². The second-order valence-electron chi connectivity index (χ2n) is 4.20. The molecule has 0 spiro atoms. The van der Waals surface area contributed by atoms with Gasteiger partial charge < -0.3 is 15.2 Å². The van der Waals surface area contributed by atoms with Crippen molar-refractivity contribution in [3.63, 3.8) is 0 Å². The van der Waals surface area contributed by atoms with E-state index in [0.29, 0.717) is 12.0 Å². The van der Waals surface area contributed by atoms with E-state index in [1.807, 2.05) is 0 Å². The first kappa shape index (κ1) is 9.93. The molecule has 0 saturated carbocycles. The number of aliphatic carboxylic acids is 1. The van der Waals surface area contributed by atoms with Crippen LogP contribution in [0.15, 0.2) is 0 Å². The molecule has 3 unspecified atom stereocenters. The molecule has 2 aliphatic rings. The van der Waals surface area contributed by atoms with Crippen LogP contribution in [0.3, 0.4) is 0 Å². The lowest BCUT2D eigenvalue weighted by atomic mass is 9.93. The normalized spacial score (nSPS) is 38.4. The summed E-state index contributed by atoms with van der Waals surface area (Å²) in [6.45, 7) is 1.64. The predicted octanol–water partition coefficient (Wildman–Crippen LogP) is 0.618. The summed E-state index contributed by atoms with van der Waals surface area (Å²) in [5, 5.41) is 11.8. The van der Waals surface area contributed by atoms with Crippen LogP contribution in [-0.2, 0) is 9.53 Å². The number of carboxylic acids is 1. The molecule has 0 aromatic carbocycles. The van der Waals surface area contributed by atoms with Crippen LogP contribution in [0.1, 0.15) is 25.7 Å². The van der Waals surface area contributed by atoms with Gasteiger partial charge in [0, 0.05) is 13.2 Å². The third kappa shape index (κ3) is 2.07. The van der Waals surface area contributed by atoms with Crippen molar-refractivity contribution in [1.29, 1.82) is 0 Å². The van der Waals surface area contributed by atoms with Gasteiger partial charge in [-0.25, -0.2) is 0 Å². The summed E-state index contributed by atoms with van der Waals surface area (Å²) in [5.74, 6) is -0.334. The van der Waals surface area contributed by atoms with Crippen LogP contribution in [0.4, 0.5) is 0 Å². The molecule has 2 heterocycles. The van der Waals surface area contributed by atoms with Gasteiger partial charge >= 0.3 is 5.97 Å². The summed E-state index contributed by atoms with van der Waals surface area (Å²) < 4.78 is 5.66. The van der Waals surface area contributed by atoms with Gasteiger partial charge in [-0.1, -0.05) is 0 Å². The standard InChI is InChI=1S/C10H17NO3/c12-10(13)8-5-7(6-11-8)9-3-1-2-4-14-9/h7-9,11H,1-6H2,(H,12,13). The second-order valence-corrected chi connectivity index (χ2v) is 4.20. The van der Waals surface area contributed by atoms with Crippen molar-refractivity contribution < 1.29 is 14.6 Å². The summed E-state index contributed by atoms with van der Waals surface area (Å²) in [6, 6.07) is -0.356. The minimum Gasteiger partial charge on any atom is -0.480 e. The van der Waals surface area contributed by atoms with Gasteiger partial charge in [-0.05, 0) is 31.6 Å². The highest BCUT2D eigenvalue weighted by Crippen LogP contribution is 2.26. The fourth-order valence-electron chi connectivity index (χ4n) is 2.37. The molecular formula is C10H17NO3. The molecule has 14 heavy (non-hydrogen) atoms. The molecule has 0 aromatic rings. The zero-order valence-electron chi connectivity index (χ0n) is 8.24. The maximum absolute atomic E-state index is 10.7. The zero-order chi connectivity index (χ0) is 9.97. The van der Waals surface area contributed by atoms with Crippen LogP contribution in [-0.4, -0.2) is 36.4 Å². The van der Waals surface area contributed by atoms with Gasteiger partial charge in [0.1, 0.15) is 6.04 Å². The largest absolute Gasteiger partial charge is 0.480 e. The molecule has 2 rings (SSSR count). The summed E-state index contributed by atoms with van der Waals surface area (Å²) in [6.07, 6.45) is 4.48. The van der Waals surface area contributed by atoms with E-state index in [1.54, 1.807) is 0 Å². The molecule has 0 radical (unpaired) electrons. The molecule has 2 aliphatic heterocycles. The molecule has 0 amide bonds. The first-order valence-electron chi connectivity index (χ1n) is 5.35. The molecule has 4 heteroatoms. The van der Waals surface area contributed by atoms with Crippen molar-refractivity contribution in [2.75, 3.05) is 13.2 Å². The lowest BCUT2D eigenvalue weighted by Gasteiger charge is -2.27. The lowest BCUT2D eigenvalue weighted by Crippen LogP contribution is -2.30. The average Bonchev–Trinajstić information content (AvgIpc) is 2.68. The Labute approximate surface area is 83.6 Å². The summed E-state index contributed by atoms with van der Waals surface area (Å²) in [7, 11) is 0. The van der Waals surface area contributed by atoms with E-state index >= 15 is 0 Å². The number of carbonyl (C=O) groups is 1. The molecule has 2 N–H and O–H groups in total. The van der Waals surface area contributed by atoms with Crippen molar-refractivity contribution >= 4 is 5.97 Å². The predicted molar refractivity (Wildman–Crippen MR) is 51.1 cm³/mol. The molecule has 0 aromatic heterocycles. The minimum atomic E-state index is -0.733. The Morgan fingerprint density at radius 3 is 2.86 bits per heavy atom. The van der Waals surface area contributed by atoms with Gasteiger partial charge in [-0.15, -0.1) is 0 Å². The van der Waals surface area contributed by atoms with Gasteiger partial charge in [-0.2, -0.15) is 0 Å². The molecule has 2 fully saturated rings. The van der Waals surface area contributed by atoms with Crippen molar-refractivity contribution in [2.24, 2.45) is 5.92 Å². The number of hydrogen-bond donors (Lipinski definition) is 2. The van der Waals surface area contributed by atoms with E-state index in [0.717, 1.165) is 32.4 Å². The Kier molecular flexibility index (Phi) is 3.03. The van der Waals surface area contributed by atoms with Crippen molar-refractivity contribution in [3.05, 3.63) is 0 Å². The Hall–Kier alpha value is -0.610. The summed E-state index contributed by atoms with van der Waals surface area (Å²) in [5.41, 5.74) is 0. The molecule has 80 valence electrons. The zero-order valence-corrected chi connectivity index (χ0v) is 8.24. The van der Waals surface area contributed by atoms with Gasteiger partial charge in [0.2, 0.25) is 0 Å². The van der Waals surface area contributed by atoms with Crippen LogP contribution >= 0.6 is 0 Å². The molecule has 2 saturated heterocycles. The topological polar surface area (TPSA) is 58.6 Å². The highest BCUT2D eigenvalue weighted by molar-refractivity contribution is 5.73. The monoisotopic (exact) mass is 199 g/mol. The lowest BCUT2D eigenvalue weighted by molar-refractivity contribution is -0.139. The first-order chi connectivity index (χ1) is 6.77. The van der Waals surface area contributed by atoms with Crippen molar-refractivity contribution in [1.82, 2.24) is 5.32 Å². The third-order valence-corrected chi connectivity index (χ3v) is 3.20. The number of rotatable bonds is 2. The highest BCUT2D eigenvalue weighted by Gasteiger charge is 2.34. The molecule has 0 bridgehead atoms. The van der Waals surface area contributed by atoms with E-state index in [-0.39, 0.29) is 6.04 Å². The molecule has 0 aliphatic carbocycles. The Morgan fingerprint density at radius 1 is 1.43 bits per heavy atom. The van der Waals surface area contributed by atoms with Gasteiger partial charge in [0.25, 0.3) is 0 Å². The number of nitrogens with one attached hydrogen (secondary N) is 1. The SMILES string of the molecule is O=C(O)C1CC(C2CCCCO2)CN1. The van der Waals surface area contributed by atoms with Crippen LogP contribution in [0.25, 0.3) is 0 Å². The number of ether oxygens (including phenoxy) is 1. The maximum atomic E-state index is 10.7.